The third kappa shape index (κ3) is 3.07. The van der Waals surface area contributed by atoms with Gasteiger partial charge in [0.05, 0.1) is 18.0 Å². The number of hydrogen-bond donors (Lipinski definition) is 2. The Morgan fingerprint density at radius 1 is 1.38 bits per heavy atom. The molecule has 1 amide bonds. The largest absolute Gasteiger partial charge is 0.381 e. The van der Waals surface area contributed by atoms with E-state index < -0.39 is 5.91 Å². The summed E-state index contributed by atoms with van der Waals surface area (Å²) in [5.74, 6) is 1.11. The number of aromatic amines is 1. The Morgan fingerprint density at radius 3 is 2.92 bits per heavy atom. The number of hydrogen-bond acceptors (Lipinski definition) is 4. The van der Waals surface area contributed by atoms with Crippen molar-refractivity contribution < 1.29 is 9.53 Å². The van der Waals surface area contributed by atoms with Gasteiger partial charge in [-0.1, -0.05) is 12.1 Å². The van der Waals surface area contributed by atoms with Crippen molar-refractivity contribution in [1.82, 2.24) is 14.9 Å². The summed E-state index contributed by atoms with van der Waals surface area (Å²) in [6, 6.07) is 7.26. The predicted octanol–water partition coefficient (Wildman–Crippen LogP) is 1.57. The standard InChI is InChI=1S/C18H22N4O2/c19-17(23)13-1-3-14(4-2-13)18-20-15-5-7-22(10-16(15)21-18)9-12-6-8-24-11-12/h1-4,12H,5-11H2,(H2,19,23)(H,20,21). The van der Waals surface area contributed by atoms with E-state index in [9.17, 15) is 4.79 Å². The molecule has 2 aromatic rings. The average Bonchev–Trinajstić information content (AvgIpc) is 3.24. The fourth-order valence-electron chi connectivity index (χ4n) is 3.53. The van der Waals surface area contributed by atoms with Gasteiger partial charge in [0.25, 0.3) is 0 Å². The molecule has 6 nitrogen and oxygen atoms in total. The number of rotatable bonds is 4. The number of amides is 1. The van der Waals surface area contributed by atoms with Gasteiger partial charge in [0, 0.05) is 43.8 Å². The molecule has 1 atom stereocenters. The van der Waals surface area contributed by atoms with Crippen LogP contribution in [0.3, 0.4) is 0 Å². The van der Waals surface area contributed by atoms with Crippen LogP contribution in [0.1, 0.15) is 28.2 Å². The number of imidazole rings is 1. The maximum absolute atomic E-state index is 11.2. The summed E-state index contributed by atoms with van der Waals surface area (Å²) < 4.78 is 5.48. The highest BCUT2D eigenvalue weighted by atomic mass is 16.5. The van der Waals surface area contributed by atoms with E-state index in [-0.39, 0.29) is 0 Å². The molecule has 0 aliphatic carbocycles. The zero-order valence-electron chi connectivity index (χ0n) is 13.6. The second kappa shape index (κ2) is 6.37. The van der Waals surface area contributed by atoms with Crippen LogP contribution in [0.4, 0.5) is 0 Å². The normalized spacial score (nSPS) is 20.9. The Bertz CT molecular complexity index is 732. The lowest BCUT2D eigenvalue weighted by Gasteiger charge is -2.27. The van der Waals surface area contributed by atoms with E-state index in [2.05, 4.69) is 9.88 Å². The number of nitrogens with one attached hydrogen (secondary N) is 1. The number of fused-ring (bicyclic) bond motifs is 1. The molecule has 1 aromatic carbocycles. The number of carbonyl (C=O) groups excluding carboxylic acids is 1. The number of benzene rings is 1. The van der Waals surface area contributed by atoms with Gasteiger partial charge in [-0.25, -0.2) is 4.98 Å². The maximum atomic E-state index is 11.2. The van der Waals surface area contributed by atoms with Gasteiger partial charge in [0.1, 0.15) is 5.82 Å². The number of primary amides is 1. The fraction of sp³-hybridized carbons (Fsp3) is 0.444. The van der Waals surface area contributed by atoms with Crippen molar-refractivity contribution in [3.8, 4) is 11.4 Å². The van der Waals surface area contributed by atoms with E-state index in [0.717, 1.165) is 56.4 Å². The number of nitrogens with zero attached hydrogens (tertiary/aromatic N) is 2. The highest BCUT2D eigenvalue weighted by Crippen LogP contribution is 2.24. The van der Waals surface area contributed by atoms with Crippen molar-refractivity contribution in [2.75, 3.05) is 26.3 Å². The number of nitrogens with two attached hydrogens (primary N) is 1. The van der Waals surface area contributed by atoms with Crippen molar-refractivity contribution in [2.45, 2.75) is 19.4 Å². The third-order valence-corrected chi connectivity index (χ3v) is 4.89. The van der Waals surface area contributed by atoms with Gasteiger partial charge < -0.3 is 15.5 Å². The van der Waals surface area contributed by atoms with Crippen molar-refractivity contribution >= 4 is 5.91 Å². The minimum absolute atomic E-state index is 0.410. The molecule has 4 rings (SSSR count). The van der Waals surface area contributed by atoms with Crippen LogP contribution < -0.4 is 5.73 Å². The lowest BCUT2D eigenvalue weighted by molar-refractivity contribution is 0.100. The minimum atomic E-state index is -0.410. The minimum Gasteiger partial charge on any atom is -0.381 e. The van der Waals surface area contributed by atoms with E-state index >= 15 is 0 Å². The molecule has 6 heteroatoms. The molecular weight excluding hydrogens is 304 g/mol. The number of carbonyl (C=O) groups is 1. The Kier molecular flexibility index (Phi) is 4.08. The molecule has 0 saturated carbocycles. The Balaban J connectivity index is 1.48. The number of aromatic nitrogens is 2. The van der Waals surface area contributed by atoms with Gasteiger partial charge >= 0.3 is 0 Å². The van der Waals surface area contributed by atoms with Crippen LogP contribution in [0.15, 0.2) is 24.3 Å². The van der Waals surface area contributed by atoms with E-state index in [0.29, 0.717) is 11.5 Å². The molecular formula is C18H22N4O2. The molecule has 24 heavy (non-hydrogen) atoms. The van der Waals surface area contributed by atoms with Crippen LogP contribution in [0.2, 0.25) is 0 Å². The first-order chi connectivity index (χ1) is 11.7. The molecule has 1 aromatic heterocycles. The first kappa shape index (κ1) is 15.4. The van der Waals surface area contributed by atoms with Crippen molar-refractivity contribution in [1.29, 1.82) is 0 Å². The quantitative estimate of drug-likeness (QED) is 0.893. The molecule has 0 radical (unpaired) electrons. The molecule has 2 aliphatic heterocycles. The summed E-state index contributed by atoms with van der Waals surface area (Å²) in [6.07, 6.45) is 2.14. The molecule has 2 aliphatic rings. The van der Waals surface area contributed by atoms with Gasteiger partial charge in [0.2, 0.25) is 5.91 Å². The third-order valence-electron chi connectivity index (χ3n) is 4.89. The predicted molar refractivity (Wildman–Crippen MR) is 90.4 cm³/mol. The Labute approximate surface area is 141 Å². The summed E-state index contributed by atoms with van der Waals surface area (Å²) in [5.41, 5.74) is 9.14. The molecule has 126 valence electrons. The monoisotopic (exact) mass is 326 g/mol. The zero-order valence-corrected chi connectivity index (χ0v) is 13.6. The van der Waals surface area contributed by atoms with Gasteiger partial charge in [0.15, 0.2) is 0 Å². The van der Waals surface area contributed by atoms with Gasteiger partial charge in [-0.2, -0.15) is 0 Å². The summed E-state index contributed by atoms with van der Waals surface area (Å²) >= 11 is 0. The highest BCUT2D eigenvalue weighted by molar-refractivity contribution is 5.93. The average molecular weight is 326 g/mol. The first-order valence-corrected chi connectivity index (χ1v) is 8.47. The number of H-pyrrole nitrogens is 1. The second-order valence-electron chi connectivity index (χ2n) is 6.67. The van der Waals surface area contributed by atoms with Gasteiger partial charge in [-0.3, -0.25) is 9.69 Å². The van der Waals surface area contributed by atoms with Crippen molar-refractivity contribution in [2.24, 2.45) is 11.7 Å². The lowest BCUT2D eigenvalue weighted by Crippen LogP contribution is -2.34. The lowest BCUT2D eigenvalue weighted by atomic mass is 10.1. The topological polar surface area (TPSA) is 84.2 Å². The van der Waals surface area contributed by atoms with Crippen molar-refractivity contribution in [3.05, 3.63) is 41.2 Å². The summed E-state index contributed by atoms with van der Waals surface area (Å²) in [4.78, 5) is 21.8. The van der Waals surface area contributed by atoms with Crippen LogP contribution in [-0.4, -0.2) is 47.1 Å². The molecule has 3 N–H and O–H groups in total. The van der Waals surface area contributed by atoms with E-state index in [1.165, 1.54) is 12.1 Å². The summed E-state index contributed by atoms with van der Waals surface area (Å²) in [6.45, 7) is 4.86. The van der Waals surface area contributed by atoms with Crippen LogP contribution in [0.25, 0.3) is 11.4 Å². The zero-order chi connectivity index (χ0) is 16.5. The molecule has 0 spiro atoms. The SMILES string of the molecule is NC(=O)c1ccc(-c2nc3c([nH]2)CN(CC2CCOC2)CC3)cc1. The second-order valence-corrected chi connectivity index (χ2v) is 6.67. The highest BCUT2D eigenvalue weighted by Gasteiger charge is 2.24. The first-order valence-electron chi connectivity index (χ1n) is 8.47. The van der Waals surface area contributed by atoms with E-state index in [1.54, 1.807) is 12.1 Å². The number of ether oxygens (including phenoxy) is 1. The van der Waals surface area contributed by atoms with Gasteiger partial charge in [-0.05, 0) is 24.5 Å². The van der Waals surface area contributed by atoms with Gasteiger partial charge in [-0.15, -0.1) is 0 Å². The smallest absolute Gasteiger partial charge is 0.248 e. The van der Waals surface area contributed by atoms with Crippen LogP contribution in [-0.2, 0) is 17.7 Å². The fourth-order valence-corrected chi connectivity index (χ4v) is 3.53. The molecule has 3 heterocycles. The maximum Gasteiger partial charge on any atom is 0.248 e. The van der Waals surface area contributed by atoms with Crippen molar-refractivity contribution in [3.63, 3.8) is 0 Å². The molecule has 1 saturated heterocycles. The summed E-state index contributed by atoms with van der Waals surface area (Å²) in [5, 5.41) is 0. The Hall–Kier alpha value is -2.18. The van der Waals surface area contributed by atoms with Crippen LogP contribution in [0.5, 0.6) is 0 Å². The summed E-state index contributed by atoms with van der Waals surface area (Å²) in [7, 11) is 0. The van der Waals surface area contributed by atoms with Crippen LogP contribution in [0, 0.1) is 5.92 Å². The van der Waals surface area contributed by atoms with E-state index in [1.807, 2.05) is 12.1 Å². The Morgan fingerprint density at radius 2 is 2.21 bits per heavy atom. The van der Waals surface area contributed by atoms with E-state index in [4.69, 9.17) is 15.5 Å². The molecule has 1 fully saturated rings. The molecule has 0 bridgehead atoms. The van der Waals surface area contributed by atoms with Crippen LogP contribution >= 0.6 is 0 Å². The molecule has 1 unspecified atom stereocenters.